The van der Waals surface area contributed by atoms with Crippen molar-refractivity contribution in [3.05, 3.63) is 20.6 Å². The van der Waals surface area contributed by atoms with Gasteiger partial charge in [0.15, 0.2) is 0 Å². The number of aromatic amines is 1. The summed E-state index contributed by atoms with van der Waals surface area (Å²) in [5, 5.41) is 0. The molecule has 0 aliphatic heterocycles. The second kappa shape index (κ2) is 6.31. The molecule has 17 heavy (non-hydrogen) atoms. The third-order valence-electron chi connectivity index (χ3n) is 1.91. The highest BCUT2D eigenvalue weighted by Crippen LogP contribution is 2.27. The van der Waals surface area contributed by atoms with Crippen LogP contribution in [0.15, 0.2) is 4.47 Å². The molecule has 6 heteroatoms. The fraction of sp³-hybridized carbons (Fsp3) is 0.636. The van der Waals surface area contributed by atoms with Gasteiger partial charge in [0.2, 0.25) is 0 Å². The van der Waals surface area contributed by atoms with E-state index in [0.29, 0.717) is 11.2 Å². The standard InChI is InChI=1S/C11H17BrN2OS2/c1-11(2,3)17-6-8-13-7(5-15-4)9(12)10(16)14-8/h5-6H2,1-4H3,(H,13,14,16). The Morgan fingerprint density at radius 2 is 2.12 bits per heavy atom. The molecule has 0 fully saturated rings. The van der Waals surface area contributed by atoms with Crippen LogP contribution in [0.1, 0.15) is 32.3 Å². The van der Waals surface area contributed by atoms with E-state index in [1.807, 2.05) is 11.8 Å². The van der Waals surface area contributed by atoms with Crippen LogP contribution in [-0.4, -0.2) is 21.8 Å². The molecule has 0 atom stereocenters. The van der Waals surface area contributed by atoms with E-state index in [0.717, 1.165) is 21.7 Å². The number of hydrogen-bond acceptors (Lipinski definition) is 4. The molecule has 1 rings (SSSR count). The Labute approximate surface area is 120 Å². The first-order chi connectivity index (χ1) is 7.83. The van der Waals surface area contributed by atoms with Crippen LogP contribution in [-0.2, 0) is 17.1 Å². The molecule has 0 spiro atoms. The molecule has 0 radical (unpaired) electrons. The summed E-state index contributed by atoms with van der Waals surface area (Å²) in [5.74, 6) is 1.71. The van der Waals surface area contributed by atoms with Gasteiger partial charge in [0.1, 0.15) is 10.5 Å². The first-order valence-electron chi connectivity index (χ1n) is 5.24. The second-order valence-corrected chi connectivity index (χ2v) is 7.60. The summed E-state index contributed by atoms with van der Waals surface area (Å²) >= 11 is 10.5. The molecule has 0 saturated heterocycles. The summed E-state index contributed by atoms with van der Waals surface area (Å²) in [7, 11) is 1.66. The van der Waals surface area contributed by atoms with Crippen LogP contribution in [0.5, 0.6) is 0 Å². The van der Waals surface area contributed by atoms with Crippen molar-refractivity contribution in [1.29, 1.82) is 0 Å². The third kappa shape index (κ3) is 5.07. The molecule has 1 heterocycles. The number of aromatic nitrogens is 2. The molecule has 0 aliphatic rings. The first-order valence-corrected chi connectivity index (χ1v) is 7.42. The minimum atomic E-state index is 0.214. The number of hydrogen-bond donors (Lipinski definition) is 1. The zero-order chi connectivity index (χ0) is 13.1. The van der Waals surface area contributed by atoms with E-state index in [2.05, 4.69) is 46.7 Å². The van der Waals surface area contributed by atoms with Gasteiger partial charge in [-0.1, -0.05) is 33.0 Å². The van der Waals surface area contributed by atoms with Crippen molar-refractivity contribution in [3.8, 4) is 0 Å². The molecule has 1 aromatic rings. The number of ether oxygens (including phenoxy) is 1. The van der Waals surface area contributed by atoms with Gasteiger partial charge in [-0.05, 0) is 15.9 Å². The number of nitrogens with zero attached hydrogens (tertiary/aromatic N) is 1. The maximum Gasteiger partial charge on any atom is 0.144 e. The quantitative estimate of drug-likeness (QED) is 0.840. The molecule has 0 aromatic carbocycles. The normalized spacial score (nSPS) is 11.8. The van der Waals surface area contributed by atoms with Gasteiger partial charge in [0.05, 0.1) is 22.5 Å². The fourth-order valence-electron chi connectivity index (χ4n) is 1.15. The van der Waals surface area contributed by atoms with Gasteiger partial charge in [0, 0.05) is 11.9 Å². The van der Waals surface area contributed by atoms with Crippen LogP contribution in [0.3, 0.4) is 0 Å². The molecule has 0 saturated carbocycles. The van der Waals surface area contributed by atoms with E-state index in [9.17, 15) is 0 Å². The highest BCUT2D eigenvalue weighted by atomic mass is 79.9. The van der Waals surface area contributed by atoms with Gasteiger partial charge in [-0.3, -0.25) is 0 Å². The van der Waals surface area contributed by atoms with Crippen LogP contribution < -0.4 is 0 Å². The summed E-state index contributed by atoms with van der Waals surface area (Å²) in [6.45, 7) is 7.05. The summed E-state index contributed by atoms with van der Waals surface area (Å²) < 4.78 is 6.74. The van der Waals surface area contributed by atoms with Gasteiger partial charge >= 0.3 is 0 Å². The van der Waals surface area contributed by atoms with Crippen LogP contribution in [0.4, 0.5) is 0 Å². The number of nitrogens with one attached hydrogen (secondary N) is 1. The molecule has 96 valence electrons. The predicted molar refractivity (Wildman–Crippen MR) is 78.9 cm³/mol. The lowest BCUT2D eigenvalue weighted by Gasteiger charge is -2.17. The minimum Gasteiger partial charge on any atom is -0.378 e. The van der Waals surface area contributed by atoms with Crippen molar-refractivity contribution >= 4 is 39.9 Å². The lowest BCUT2D eigenvalue weighted by atomic mass is 10.3. The van der Waals surface area contributed by atoms with Gasteiger partial charge in [-0.15, -0.1) is 11.8 Å². The van der Waals surface area contributed by atoms with Crippen LogP contribution in [0.2, 0.25) is 0 Å². The van der Waals surface area contributed by atoms with E-state index in [-0.39, 0.29) is 4.75 Å². The van der Waals surface area contributed by atoms with Gasteiger partial charge in [-0.2, -0.15) is 0 Å². The molecule has 1 N–H and O–H groups in total. The summed E-state index contributed by atoms with van der Waals surface area (Å²) in [4.78, 5) is 7.61. The Hall–Kier alpha value is 0.0900. The van der Waals surface area contributed by atoms with Crippen molar-refractivity contribution in [2.24, 2.45) is 0 Å². The summed E-state index contributed by atoms with van der Waals surface area (Å²) in [6, 6.07) is 0. The maximum absolute atomic E-state index is 5.21. The highest BCUT2D eigenvalue weighted by molar-refractivity contribution is 9.10. The van der Waals surface area contributed by atoms with Crippen molar-refractivity contribution in [3.63, 3.8) is 0 Å². The van der Waals surface area contributed by atoms with E-state index in [1.54, 1.807) is 7.11 Å². The second-order valence-electron chi connectivity index (χ2n) is 4.62. The van der Waals surface area contributed by atoms with E-state index >= 15 is 0 Å². The van der Waals surface area contributed by atoms with Crippen molar-refractivity contribution in [1.82, 2.24) is 9.97 Å². The Morgan fingerprint density at radius 1 is 1.47 bits per heavy atom. The third-order valence-corrected chi connectivity index (χ3v) is 4.61. The number of methoxy groups -OCH3 is 1. The van der Waals surface area contributed by atoms with Gasteiger partial charge < -0.3 is 9.72 Å². The van der Waals surface area contributed by atoms with Crippen LogP contribution >= 0.6 is 39.9 Å². The van der Waals surface area contributed by atoms with E-state index < -0.39 is 0 Å². The van der Waals surface area contributed by atoms with Crippen molar-refractivity contribution < 1.29 is 4.74 Å². The van der Waals surface area contributed by atoms with Crippen LogP contribution in [0, 0.1) is 4.64 Å². The topological polar surface area (TPSA) is 37.9 Å². The minimum absolute atomic E-state index is 0.214. The van der Waals surface area contributed by atoms with Crippen molar-refractivity contribution in [2.75, 3.05) is 7.11 Å². The zero-order valence-corrected chi connectivity index (χ0v) is 13.7. The van der Waals surface area contributed by atoms with Gasteiger partial charge in [0.25, 0.3) is 0 Å². The summed E-state index contributed by atoms with van der Waals surface area (Å²) in [5.41, 5.74) is 0.942. The SMILES string of the molecule is COCc1[nH]c(CSC(C)(C)C)nc(=S)c1Br. The van der Waals surface area contributed by atoms with Gasteiger partial charge in [-0.25, -0.2) is 4.98 Å². The molecular formula is C11H17BrN2OS2. The van der Waals surface area contributed by atoms with Crippen LogP contribution in [0.25, 0.3) is 0 Å². The fourth-order valence-corrected chi connectivity index (χ4v) is 2.40. The Morgan fingerprint density at radius 3 is 2.65 bits per heavy atom. The Kier molecular flexibility index (Phi) is 5.63. The Bertz CT molecular complexity index is 440. The lowest BCUT2D eigenvalue weighted by molar-refractivity contribution is 0.180. The first kappa shape index (κ1) is 15.1. The molecule has 1 aromatic heterocycles. The lowest BCUT2D eigenvalue weighted by Crippen LogP contribution is -2.09. The molecule has 0 amide bonds. The average Bonchev–Trinajstić information content (AvgIpc) is 2.21. The Balaban J connectivity index is 2.91. The van der Waals surface area contributed by atoms with E-state index in [1.165, 1.54) is 0 Å². The zero-order valence-electron chi connectivity index (χ0n) is 10.5. The molecule has 0 bridgehead atoms. The molecular weight excluding hydrogens is 320 g/mol. The summed E-state index contributed by atoms with van der Waals surface area (Å²) in [6.07, 6.45) is 0. The smallest absolute Gasteiger partial charge is 0.144 e. The van der Waals surface area contributed by atoms with Crippen molar-refractivity contribution in [2.45, 2.75) is 37.9 Å². The molecule has 0 unspecified atom stereocenters. The number of rotatable bonds is 4. The number of thioether (sulfide) groups is 1. The number of halogens is 1. The maximum atomic E-state index is 5.21. The molecule has 0 aliphatic carbocycles. The van der Waals surface area contributed by atoms with E-state index in [4.69, 9.17) is 17.0 Å². The highest BCUT2D eigenvalue weighted by Gasteiger charge is 2.12. The number of H-pyrrole nitrogens is 1. The largest absolute Gasteiger partial charge is 0.378 e. The average molecular weight is 337 g/mol. The predicted octanol–water partition coefficient (Wildman–Crippen LogP) is 4.08. The molecule has 3 nitrogen and oxygen atoms in total. The monoisotopic (exact) mass is 336 g/mol.